The summed E-state index contributed by atoms with van der Waals surface area (Å²) in [6, 6.07) is 22.1. The number of aromatic nitrogens is 4. The third-order valence-electron chi connectivity index (χ3n) is 6.00. The summed E-state index contributed by atoms with van der Waals surface area (Å²) in [6.07, 6.45) is 1.45. The highest BCUT2D eigenvalue weighted by Crippen LogP contribution is 2.42. The summed E-state index contributed by atoms with van der Waals surface area (Å²) in [5.41, 5.74) is 12.0. The minimum absolute atomic E-state index is 0.233. The molecule has 5 rings (SSSR count). The Kier molecular flexibility index (Phi) is 6.29. The van der Waals surface area contributed by atoms with Crippen LogP contribution in [-0.2, 0) is 11.8 Å². The minimum atomic E-state index is -0.233. The van der Waals surface area contributed by atoms with Crippen molar-refractivity contribution in [1.82, 2.24) is 19.5 Å². The van der Waals surface area contributed by atoms with Crippen molar-refractivity contribution in [1.29, 1.82) is 5.26 Å². The van der Waals surface area contributed by atoms with Crippen molar-refractivity contribution in [3.05, 3.63) is 90.9 Å². The van der Waals surface area contributed by atoms with Gasteiger partial charge in [0.15, 0.2) is 0 Å². The van der Waals surface area contributed by atoms with E-state index in [1.54, 1.807) is 25.1 Å². The Morgan fingerprint density at radius 2 is 1.76 bits per heavy atom. The number of pyridine rings is 1. The van der Waals surface area contributed by atoms with Crippen molar-refractivity contribution < 1.29 is 9.53 Å². The van der Waals surface area contributed by atoms with Crippen molar-refractivity contribution in [3.63, 3.8) is 0 Å². The van der Waals surface area contributed by atoms with Gasteiger partial charge in [0.25, 0.3) is 5.91 Å². The number of hydrogen-bond donors (Lipinski definition) is 2. The number of amides is 1. The molecule has 0 atom stereocenters. The molecule has 3 N–H and O–H groups in total. The Labute approximate surface area is 218 Å². The molecule has 186 valence electrons. The van der Waals surface area contributed by atoms with Gasteiger partial charge in [0.05, 0.1) is 11.1 Å². The van der Waals surface area contributed by atoms with E-state index in [1.807, 2.05) is 66.2 Å². The summed E-state index contributed by atoms with van der Waals surface area (Å²) in [6.45, 7) is 5.34. The lowest BCUT2D eigenvalue weighted by Crippen LogP contribution is -2.11. The van der Waals surface area contributed by atoms with Crippen LogP contribution in [0.15, 0.2) is 85.2 Å². The first kappa shape index (κ1) is 24.2. The van der Waals surface area contributed by atoms with Crippen molar-refractivity contribution in [2.75, 3.05) is 11.1 Å². The van der Waals surface area contributed by atoms with Crippen LogP contribution in [0.5, 0.6) is 11.6 Å². The number of nitrogens with zero attached hydrogens (tertiary/aromatic N) is 5. The lowest BCUT2D eigenvalue weighted by atomic mass is 9.98. The monoisotopic (exact) mass is 501 g/mol. The molecule has 0 unspecified atom stereocenters. The second-order valence-corrected chi connectivity index (χ2v) is 8.65. The lowest BCUT2D eigenvalue weighted by Gasteiger charge is -2.11. The van der Waals surface area contributed by atoms with Gasteiger partial charge < -0.3 is 20.4 Å². The molecule has 3 heterocycles. The van der Waals surface area contributed by atoms with Crippen LogP contribution in [0.1, 0.15) is 12.6 Å². The Bertz CT molecular complexity index is 1730. The number of rotatable bonds is 6. The summed E-state index contributed by atoms with van der Waals surface area (Å²) in [4.78, 5) is 24.9. The molecular weight excluding hydrogens is 478 g/mol. The fraction of sp³-hybridized carbons (Fsp3) is 0.0690. The van der Waals surface area contributed by atoms with Crippen LogP contribution in [0, 0.1) is 11.3 Å². The highest BCUT2D eigenvalue weighted by molar-refractivity contribution is 6.08. The normalized spacial score (nSPS) is 10.7. The van der Waals surface area contributed by atoms with E-state index in [2.05, 4.69) is 26.8 Å². The molecule has 9 heteroatoms. The second-order valence-electron chi connectivity index (χ2n) is 8.65. The molecule has 0 aliphatic heterocycles. The third-order valence-corrected chi connectivity index (χ3v) is 6.00. The molecule has 9 nitrogen and oxygen atoms in total. The number of nitriles is 1. The molecule has 0 bridgehead atoms. The first-order valence-corrected chi connectivity index (χ1v) is 11.7. The summed E-state index contributed by atoms with van der Waals surface area (Å²) in [7, 11) is 1.93. The molecular formula is C29H23N7O2. The maximum Gasteiger partial charge on any atom is 0.250 e. The summed E-state index contributed by atoms with van der Waals surface area (Å²) in [5.74, 6) is 1.04. The van der Waals surface area contributed by atoms with Crippen LogP contribution in [0.3, 0.4) is 0 Å². The summed E-state index contributed by atoms with van der Waals surface area (Å²) in [5, 5.41) is 12.6. The largest absolute Gasteiger partial charge is 0.439 e. The van der Waals surface area contributed by atoms with Crippen LogP contribution in [0.25, 0.3) is 33.4 Å². The standard InChI is InChI=1S/C29H23N7O2/c1-17(2)29(37)35-20-11-7-19(8-12-20)26-24(25-27(31)32-16-33-28(25)36(26)3)18-9-13-22(14-10-18)38-23-6-4-5-21(15-30)34-23/h4-14,16H,1H2,2-3H3,(H,35,37)(H2,31,32,33). The molecule has 2 aromatic carbocycles. The SMILES string of the molecule is C=C(C)C(=O)Nc1ccc(-c2c(-c3ccc(Oc4cccc(C#N)n4)cc3)c3c(N)ncnc3n2C)cc1. The number of nitrogens with one attached hydrogen (secondary N) is 1. The van der Waals surface area contributed by atoms with Gasteiger partial charge in [0.2, 0.25) is 5.88 Å². The van der Waals surface area contributed by atoms with Gasteiger partial charge >= 0.3 is 0 Å². The van der Waals surface area contributed by atoms with Crippen molar-refractivity contribution in [2.24, 2.45) is 7.05 Å². The van der Waals surface area contributed by atoms with Crippen LogP contribution in [0.2, 0.25) is 0 Å². The lowest BCUT2D eigenvalue weighted by molar-refractivity contribution is -0.112. The van der Waals surface area contributed by atoms with E-state index in [0.29, 0.717) is 34.4 Å². The molecule has 0 saturated heterocycles. The minimum Gasteiger partial charge on any atom is -0.439 e. The molecule has 3 aromatic heterocycles. The first-order chi connectivity index (χ1) is 18.4. The van der Waals surface area contributed by atoms with E-state index in [1.165, 1.54) is 6.33 Å². The number of anilines is 2. The topological polar surface area (TPSA) is 132 Å². The van der Waals surface area contributed by atoms with Crippen LogP contribution >= 0.6 is 0 Å². The van der Waals surface area contributed by atoms with Crippen LogP contribution in [-0.4, -0.2) is 25.4 Å². The number of nitrogens with two attached hydrogens (primary N) is 1. The van der Waals surface area contributed by atoms with Gasteiger partial charge in [-0.1, -0.05) is 36.9 Å². The predicted molar refractivity (Wildman–Crippen MR) is 146 cm³/mol. The molecule has 0 aliphatic carbocycles. The molecule has 38 heavy (non-hydrogen) atoms. The fourth-order valence-electron chi connectivity index (χ4n) is 4.19. The number of fused-ring (bicyclic) bond motifs is 1. The van der Waals surface area contributed by atoms with Crippen molar-refractivity contribution in [3.8, 4) is 40.1 Å². The number of aryl methyl sites for hydroxylation is 1. The highest BCUT2D eigenvalue weighted by Gasteiger charge is 2.22. The van der Waals surface area contributed by atoms with E-state index >= 15 is 0 Å². The van der Waals surface area contributed by atoms with Gasteiger partial charge in [0.1, 0.15) is 35.3 Å². The predicted octanol–water partition coefficient (Wildman–Crippen LogP) is 5.46. The number of carbonyl (C=O) groups excluding carboxylic acids is 1. The number of nitrogen functional groups attached to an aromatic ring is 1. The molecule has 0 aliphatic rings. The van der Waals surface area contributed by atoms with E-state index in [4.69, 9.17) is 15.7 Å². The van der Waals surface area contributed by atoms with E-state index in [-0.39, 0.29) is 11.6 Å². The molecule has 1 amide bonds. The van der Waals surface area contributed by atoms with E-state index in [0.717, 1.165) is 27.8 Å². The molecule has 0 saturated carbocycles. The second kappa shape index (κ2) is 9.87. The zero-order valence-electron chi connectivity index (χ0n) is 20.8. The summed E-state index contributed by atoms with van der Waals surface area (Å²) >= 11 is 0. The molecule has 0 radical (unpaired) electrons. The molecule has 0 spiro atoms. The first-order valence-electron chi connectivity index (χ1n) is 11.7. The van der Waals surface area contributed by atoms with Gasteiger partial charge in [0, 0.05) is 29.9 Å². The van der Waals surface area contributed by atoms with E-state index in [9.17, 15) is 4.79 Å². The van der Waals surface area contributed by atoms with Gasteiger partial charge in [-0.25, -0.2) is 15.0 Å². The number of benzene rings is 2. The highest BCUT2D eigenvalue weighted by atomic mass is 16.5. The van der Waals surface area contributed by atoms with Gasteiger partial charge in [-0.15, -0.1) is 0 Å². The van der Waals surface area contributed by atoms with Crippen molar-refractivity contribution in [2.45, 2.75) is 6.92 Å². The quantitative estimate of drug-likeness (QED) is 0.295. The molecule has 5 aromatic rings. The number of carbonyl (C=O) groups is 1. The smallest absolute Gasteiger partial charge is 0.250 e. The number of hydrogen-bond acceptors (Lipinski definition) is 7. The fourth-order valence-corrected chi connectivity index (χ4v) is 4.19. The number of ether oxygens (including phenoxy) is 1. The van der Waals surface area contributed by atoms with Crippen molar-refractivity contribution >= 4 is 28.4 Å². The summed E-state index contributed by atoms with van der Waals surface area (Å²) < 4.78 is 7.83. The van der Waals surface area contributed by atoms with Crippen LogP contribution < -0.4 is 15.8 Å². The van der Waals surface area contributed by atoms with E-state index < -0.39 is 0 Å². The van der Waals surface area contributed by atoms with Gasteiger partial charge in [-0.3, -0.25) is 4.79 Å². The zero-order valence-corrected chi connectivity index (χ0v) is 20.8. The average molecular weight is 502 g/mol. The maximum absolute atomic E-state index is 12.0. The van der Waals surface area contributed by atoms with Crippen LogP contribution in [0.4, 0.5) is 11.5 Å². The third kappa shape index (κ3) is 4.54. The average Bonchev–Trinajstić information content (AvgIpc) is 3.23. The van der Waals surface area contributed by atoms with Gasteiger partial charge in [-0.05, 0) is 48.4 Å². The Morgan fingerprint density at radius 3 is 2.45 bits per heavy atom. The Morgan fingerprint density at radius 1 is 1.05 bits per heavy atom. The molecule has 0 fully saturated rings. The Balaban J connectivity index is 1.57. The van der Waals surface area contributed by atoms with Gasteiger partial charge in [-0.2, -0.15) is 5.26 Å². The maximum atomic E-state index is 12.0. The zero-order chi connectivity index (χ0) is 26.8. The Hall–Kier alpha value is -5.49.